The second kappa shape index (κ2) is 10.0. The number of fused-ring (bicyclic) bond motifs is 1. The number of benzene rings is 3. The van der Waals surface area contributed by atoms with Gasteiger partial charge in [-0.05, 0) is 53.9 Å². The highest BCUT2D eigenvalue weighted by molar-refractivity contribution is 7.93. The Bertz CT molecular complexity index is 1360. The molecular formula is C24H20Cl2N2O5S. The van der Waals surface area contributed by atoms with Crippen LogP contribution in [-0.4, -0.2) is 33.4 Å². The van der Waals surface area contributed by atoms with Crippen LogP contribution in [0.15, 0.2) is 71.6 Å². The van der Waals surface area contributed by atoms with Crippen LogP contribution in [0.4, 0.5) is 5.69 Å². The lowest BCUT2D eigenvalue weighted by Gasteiger charge is -2.20. The number of anilines is 1. The molecule has 3 aromatic rings. The lowest BCUT2D eigenvalue weighted by molar-refractivity contribution is -0.124. The average molecular weight is 519 g/mol. The molecule has 4 rings (SSSR count). The molecule has 0 aliphatic carbocycles. The molecule has 1 heterocycles. The summed E-state index contributed by atoms with van der Waals surface area (Å²) >= 11 is 12.1. The summed E-state index contributed by atoms with van der Waals surface area (Å²) in [6.07, 6.45) is 0.582. The predicted molar refractivity (Wildman–Crippen MR) is 130 cm³/mol. The van der Waals surface area contributed by atoms with Crippen molar-refractivity contribution in [1.29, 1.82) is 0 Å². The molecule has 1 amide bonds. The first-order valence-electron chi connectivity index (χ1n) is 10.3. The lowest BCUT2D eigenvalue weighted by Crippen LogP contribution is -2.30. The molecule has 0 saturated carbocycles. The molecule has 3 aromatic carbocycles. The lowest BCUT2D eigenvalue weighted by atomic mass is 10.2. The maximum atomic E-state index is 13.3. The molecule has 176 valence electrons. The van der Waals surface area contributed by atoms with E-state index in [1.165, 1.54) is 22.5 Å². The van der Waals surface area contributed by atoms with Gasteiger partial charge in [-0.15, -0.1) is 0 Å². The van der Waals surface area contributed by atoms with E-state index in [1.54, 1.807) is 36.4 Å². The molecule has 0 aromatic heterocycles. The van der Waals surface area contributed by atoms with Gasteiger partial charge in [0.2, 0.25) is 0 Å². The van der Waals surface area contributed by atoms with Crippen LogP contribution in [0.5, 0.6) is 0 Å². The molecule has 1 aliphatic heterocycles. The number of carbonyl (C=O) groups excluding carboxylic acids is 2. The quantitative estimate of drug-likeness (QED) is 0.472. The monoisotopic (exact) mass is 518 g/mol. The Balaban J connectivity index is 1.43. The number of esters is 1. The number of ether oxygens (including phenoxy) is 1. The molecule has 10 heteroatoms. The molecule has 0 fully saturated rings. The van der Waals surface area contributed by atoms with Crippen molar-refractivity contribution in [1.82, 2.24) is 5.32 Å². The zero-order chi connectivity index (χ0) is 24.3. The maximum Gasteiger partial charge on any atom is 0.338 e. The van der Waals surface area contributed by atoms with Crippen LogP contribution in [0, 0.1) is 0 Å². The predicted octanol–water partition coefficient (Wildman–Crippen LogP) is 4.22. The Labute approximate surface area is 207 Å². The minimum Gasteiger partial charge on any atom is -0.452 e. The molecule has 0 atom stereocenters. The van der Waals surface area contributed by atoms with Crippen molar-refractivity contribution < 1.29 is 22.7 Å². The van der Waals surface area contributed by atoms with Crippen LogP contribution in [0.2, 0.25) is 10.0 Å². The second-order valence-corrected chi connectivity index (χ2v) is 10.3. The van der Waals surface area contributed by atoms with Crippen LogP contribution in [0.3, 0.4) is 0 Å². The van der Waals surface area contributed by atoms with Crippen molar-refractivity contribution in [3.05, 3.63) is 93.5 Å². The van der Waals surface area contributed by atoms with E-state index < -0.39 is 28.5 Å². The fourth-order valence-electron chi connectivity index (χ4n) is 3.62. The summed E-state index contributed by atoms with van der Waals surface area (Å²) in [7, 11) is -4.01. The molecule has 1 aliphatic rings. The van der Waals surface area contributed by atoms with E-state index in [0.29, 0.717) is 17.1 Å². The van der Waals surface area contributed by atoms with E-state index in [-0.39, 0.29) is 28.6 Å². The van der Waals surface area contributed by atoms with Crippen LogP contribution < -0.4 is 9.62 Å². The van der Waals surface area contributed by atoms with E-state index in [4.69, 9.17) is 27.9 Å². The minimum atomic E-state index is -4.01. The molecule has 1 N–H and O–H groups in total. The Morgan fingerprint density at radius 2 is 1.79 bits per heavy atom. The maximum absolute atomic E-state index is 13.3. The van der Waals surface area contributed by atoms with Gasteiger partial charge in [0, 0.05) is 18.1 Å². The first kappa shape index (κ1) is 24.1. The van der Waals surface area contributed by atoms with Crippen molar-refractivity contribution in [2.45, 2.75) is 17.9 Å². The normalized spacial score (nSPS) is 12.8. The summed E-state index contributed by atoms with van der Waals surface area (Å²) in [5.74, 6) is -1.35. The van der Waals surface area contributed by atoms with Gasteiger partial charge in [0.15, 0.2) is 6.61 Å². The molecular weight excluding hydrogens is 499 g/mol. The highest BCUT2D eigenvalue weighted by Gasteiger charge is 2.32. The van der Waals surface area contributed by atoms with Gasteiger partial charge in [-0.3, -0.25) is 9.10 Å². The fraction of sp³-hybridized carbons (Fsp3) is 0.167. The third kappa shape index (κ3) is 5.19. The number of hydrogen-bond donors (Lipinski definition) is 1. The molecule has 34 heavy (non-hydrogen) atoms. The van der Waals surface area contributed by atoms with Crippen LogP contribution in [-0.2, 0) is 32.5 Å². The summed E-state index contributed by atoms with van der Waals surface area (Å²) in [6, 6.07) is 18.1. The number of rotatable bonds is 7. The van der Waals surface area contributed by atoms with E-state index in [9.17, 15) is 18.0 Å². The number of amides is 1. The van der Waals surface area contributed by atoms with Gasteiger partial charge in [-0.2, -0.15) is 0 Å². The SMILES string of the molecule is O=C(COC(=O)c1ccc(Cl)c(S(=O)(=O)N2CCc3ccccc32)c1)NCc1cccc(Cl)c1. The van der Waals surface area contributed by atoms with E-state index in [0.717, 1.165) is 11.1 Å². The average Bonchev–Trinajstić information content (AvgIpc) is 3.26. The Hall–Kier alpha value is -3.07. The van der Waals surface area contributed by atoms with Crippen LogP contribution in [0.25, 0.3) is 0 Å². The van der Waals surface area contributed by atoms with Crippen molar-refractivity contribution in [2.75, 3.05) is 17.5 Å². The topological polar surface area (TPSA) is 92.8 Å². The number of para-hydroxylation sites is 1. The Morgan fingerprint density at radius 3 is 2.59 bits per heavy atom. The van der Waals surface area contributed by atoms with Gasteiger partial charge >= 0.3 is 5.97 Å². The number of nitrogens with zero attached hydrogens (tertiary/aromatic N) is 1. The number of nitrogens with one attached hydrogen (secondary N) is 1. The third-order valence-electron chi connectivity index (χ3n) is 5.29. The van der Waals surface area contributed by atoms with Gasteiger partial charge in [-0.25, -0.2) is 13.2 Å². The molecule has 0 bridgehead atoms. The summed E-state index contributed by atoms with van der Waals surface area (Å²) in [5.41, 5.74) is 2.27. The summed E-state index contributed by atoms with van der Waals surface area (Å²) in [4.78, 5) is 24.4. The fourth-order valence-corrected chi connectivity index (χ4v) is 5.84. The summed E-state index contributed by atoms with van der Waals surface area (Å²) in [6.45, 7) is -0.0271. The Kier molecular flexibility index (Phi) is 7.11. The second-order valence-electron chi connectivity index (χ2n) is 7.58. The molecule has 0 radical (unpaired) electrons. The molecule has 0 spiro atoms. The van der Waals surface area contributed by atoms with Crippen molar-refractivity contribution in [3.63, 3.8) is 0 Å². The van der Waals surface area contributed by atoms with E-state index in [2.05, 4.69) is 5.32 Å². The highest BCUT2D eigenvalue weighted by Crippen LogP contribution is 2.35. The molecule has 0 saturated heterocycles. The smallest absolute Gasteiger partial charge is 0.338 e. The number of sulfonamides is 1. The number of carbonyl (C=O) groups is 2. The Morgan fingerprint density at radius 1 is 1.00 bits per heavy atom. The number of hydrogen-bond acceptors (Lipinski definition) is 5. The van der Waals surface area contributed by atoms with Crippen LogP contribution >= 0.6 is 23.2 Å². The van der Waals surface area contributed by atoms with Gasteiger partial charge in [-0.1, -0.05) is 53.5 Å². The molecule has 0 unspecified atom stereocenters. The van der Waals surface area contributed by atoms with Crippen molar-refractivity contribution >= 4 is 50.8 Å². The van der Waals surface area contributed by atoms with Crippen molar-refractivity contribution in [3.8, 4) is 0 Å². The van der Waals surface area contributed by atoms with Crippen LogP contribution in [0.1, 0.15) is 21.5 Å². The third-order valence-corrected chi connectivity index (χ3v) is 7.82. The van der Waals surface area contributed by atoms with Gasteiger partial charge in [0.05, 0.1) is 16.3 Å². The first-order valence-corrected chi connectivity index (χ1v) is 12.5. The van der Waals surface area contributed by atoms with Gasteiger partial charge in [0.1, 0.15) is 4.90 Å². The zero-order valence-electron chi connectivity index (χ0n) is 17.8. The molecule has 7 nitrogen and oxygen atoms in total. The first-order chi connectivity index (χ1) is 16.3. The largest absolute Gasteiger partial charge is 0.452 e. The summed E-state index contributed by atoms with van der Waals surface area (Å²) in [5, 5.41) is 3.16. The van der Waals surface area contributed by atoms with E-state index in [1.807, 2.05) is 12.1 Å². The van der Waals surface area contributed by atoms with Gasteiger partial charge in [0.25, 0.3) is 15.9 Å². The highest BCUT2D eigenvalue weighted by atomic mass is 35.5. The van der Waals surface area contributed by atoms with Crippen molar-refractivity contribution in [2.24, 2.45) is 0 Å². The standard InChI is InChI=1S/C24H20Cl2N2O5S/c25-19-6-3-4-16(12-19)14-27-23(29)15-33-24(30)18-8-9-20(26)22(13-18)34(31,32)28-11-10-17-5-1-2-7-21(17)28/h1-9,12-13H,10-11,14-15H2,(H,27,29). The number of halogens is 2. The van der Waals surface area contributed by atoms with Gasteiger partial charge < -0.3 is 10.1 Å². The summed E-state index contributed by atoms with van der Waals surface area (Å²) < 4.78 is 33.0. The van der Waals surface area contributed by atoms with E-state index >= 15 is 0 Å². The minimum absolute atomic E-state index is 0.0137. The zero-order valence-corrected chi connectivity index (χ0v) is 20.2.